The van der Waals surface area contributed by atoms with E-state index in [4.69, 9.17) is 0 Å². The van der Waals surface area contributed by atoms with Crippen LogP contribution in [-0.2, 0) is 6.54 Å². The summed E-state index contributed by atoms with van der Waals surface area (Å²) in [5.41, 5.74) is 1.46. The highest BCUT2D eigenvalue weighted by atomic mass is 15.2. The fraction of sp³-hybridized carbons (Fsp3) is 0.444. The first-order chi connectivity index (χ1) is 9.86. The van der Waals surface area contributed by atoms with Gasteiger partial charge in [-0.1, -0.05) is 49.4 Å². The van der Waals surface area contributed by atoms with Crippen LogP contribution in [0.15, 0.2) is 42.5 Å². The van der Waals surface area contributed by atoms with Crippen molar-refractivity contribution < 1.29 is 0 Å². The summed E-state index contributed by atoms with van der Waals surface area (Å²) in [7, 11) is 0. The van der Waals surface area contributed by atoms with Crippen molar-refractivity contribution >= 4 is 10.8 Å². The summed E-state index contributed by atoms with van der Waals surface area (Å²) in [5.74, 6) is 0. The molecule has 0 radical (unpaired) electrons. The maximum absolute atomic E-state index is 3.64. The molecule has 3 rings (SSSR count). The summed E-state index contributed by atoms with van der Waals surface area (Å²) < 4.78 is 0. The molecule has 2 heteroatoms. The van der Waals surface area contributed by atoms with E-state index in [1.807, 2.05) is 0 Å². The van der Waals surface area contributed by atoms with Crippen LogP contribution < -0.4 is 5.32 Å². The van der Waals surface area contributed by atoms with Gasteiger partial charge in [-0.25, -0.2) is 0 Å². The molecule has 2 aromatic rings. The Labute approximate surface area is 121 Å². The zero-order valence-corrected chi connectivity index (χ0v) is 12.3. The van der Waals surface area contributed by atoms with Crippen LogP contribution in [-0.4, -0.2) is 30.6 Å². The van der Waals surface area contributed by atoms with E-state index in [0.29, 0.717) is 6.04 Å². The summed E-state index contributed by atoms with van der Waals surface area (Å²) in [6.07, 6.45) is 2.47. The van der Waals surface area contributed by atoms with Crippen LogP contribution in [0.5, 0.6) is 0 Å². The maximum Gasteiger partial charge on any atom is 0.0240 e. The molecule has 0 bridgehead atoms. The van der Waals surface area contributed by atoms with E-state index >= 15 is 0 Å². The Bertz CT molecular complexity index is 559. The molecule has 1 fully saturated rings. The van der Waals surface area contributed by atoms with Gasteiger partial charge in [0, 0.05) is 19.1 Å². The predicted octanol–water partition coefficient (Wildman–Crippen LogP) is 3.41. The van der Waals surface area contributed by atoms with Crippen LogP contribution in [0.4, 0.5) is 0 Å². The van der Waals surface area contributed by atoms with Crippen molar-refractivity contribution in [3.8, 4) is 0 Å². The number of nitrogens with zero attached hydrogens (tertiary/aromatic N) is 1. The van der Waals surface area contributed by atoms with E-state index in [1.165, 1.54) is 42.3 Å². The largest absolute Gasteiger partial charge is 0.313 e. The zero-order chi connectivity index (χ0) is 13.8. The molecule has 0 aromatic heterocycles. The summed E-state index contributed by atoms with van der Waals surface area (Å²) in [6.45, 7) is 6.87. The van der Waals surface area contributed by atoms with Gasteiger partial charge in [-0.05, 0) is 42.3 Å². The molecule has 2 nitrogen and oxygen atoms in total. The molecular weight excluding hydrogens is 244 g/mol. The highest BCUT2D eigenvalue weighted by Crippen LogP contribution is 2.20. The molecule has 2 aromatic carbocycles. The highest BCUT2D eigenvalue weighted by molar-refractivity contribution is 5.85. The average Bonchev–Trinajstić information content (AvgIpc) is 2.73. The maximum atomic E-state index is 3.64. The number of hydrogen-bond donors (Lipinski definition) is 1. The van der Waals surface area contributed by atoms with Crippen LogP contribution in [0, 0.1) is 0 Å². The quantitative estimate of drug-likeness (QED) is 0.917. The lowest BCUT2D eigenvalue weighted by atomic mass is 10.0. The first-order valence-corrected chi connectivity index (χ1v) is 7.79. The molecular formula is C18H24N2. The summed E-state index contributed by atoms with van der Waals surface area (Å²) in [4.78, 5) is 2.61. The zero-order valence-electron chi connectivity index (χ0n) is 12.3. The standard InChI is InChI=1S/C18H24N2/c1-2-17-14-20(12-6-11-19-17)13-16-9-5-8-15-7-3-4-10-18(15)16/h3-5,7-10,17,19H,2,6,11-14H2,1H3. The Kier molecular flexibility index (Phi) is 4.34. The van der Waals surface area contributed by atoms with Gasteiger partial charge in [-0.2, -0.15) is 0 Å². The predicted molar refractivity (Wildman–Crippen MR) is 85.9 cm³/mol. The van der Waals surface area contributed by atoms with Gasteiger partial charge in [0.15, 0.2) is 0 Å². The topological polar surface area (TPSA) is 15.3 Å². The lowest BCUT2D eigenvalue weighted by Gasteiger charge is -2.24. The van der Waals surface area contributed by atoms with E-state index in [0.717, 1.165) is 13.1 Å². The van der Waals surface area contributed by atoms with Crippen LogP contribution in [0.25, 0.3) is 10.8 Å². The minimum Gasteiger partial charge on any atom is -0.313 e. The molecule has 1 unspecified atom stereocenters. The van der Waals surface area contributed by atoms with Crippen molar-refractivity contribution in [2.24, 2.45) is 0 Å². The van der Waals surface area contributed by atoms with Crippen LogP contribution in [0.3, 0.4) is 0 Å². The lowest BCUT2D eigenvalue weighted by Crippen LogP contribution is -2.36. The number of fused-ring (bicyclic) bond motifs is 1. The third-order valence-electron chi connectivity index (χ3n) is 4.33. The van der Waals surface area contributed by atoms with E-state index in [9.17, 15) is 0 Å². The Balaban J connectivity index is 1.81. The van der Waals surface area contributed by atoms with Crippen molar-refractivity contribution in [1.82, 2.24) is 10.2 Å². The van der Waals surface area contributed by atoms with Crippen LogP contribution in [0.1, 0.15) is 25.3 Å². The molecule has 1 aliphatic rings. The molecule has 20 heavy (non-hydrogen) atoms. The van der Waals surface area contributed by atoms with Crippen molar-refractivity contribution in [2.75, 3.05) is 19.6 Å². The molecule has 106 valence electrons. The van der Waals surface area contributed by atoms with E-state index in [2.05, 4.69) is 59.6 Å². The number of hydrogen-bond acceptors (Lipinski definition) is 2. The van der Waals surface area contributed by atoms with Gasteiger partial charge in [0.2, 0.25) is 0 Å². The number of benzene rings is 2. The summed E-state index contributed by atoms with van der Waals surface area (Å²) in [6, 6.07) is 16.0. The molecule has 1 saturated heterocycles. The fourth-order valence-electron chi connectivity index (χ4n) is 3.16. The van der Waals surface area contributed by atoms with Crippen molar-refractivity contribution in [3.63, 3.8) is 0 Å². The Morgan fingerprint density at radius 2 is 2.00 bits per heavy atom. The van der Waals surface area contributed by atoms with Gasteiger partial charge >= 0.3 is 0 Å². The SMILES string of the molecule is CCC1CN(Cc2cccc3ccccc23)CCCN1. The molecule has 1 N–H and O–H groups in total. The van der Waals surface area contributed by atoms with Gasteiger partial charge in [-0.3, -0.25) is 4.90 Å². The van der Waals surface area contributed by atoms with Gasteiger partial charge < -0.3 is 5.32 Å². The van der Waals surface area contributed by atoms with E-state index in [1.54, 1.807) is 0 Å². The third kappa shape index (κ3) is 3.02. The second kappa shape index (κ2) is 6.38. The third-order valence-corrected chi connectivity index (χ3v) is 4.33. The van der Waals surface area contributed by atoms with Gasteiger partial charge in [0.05, 0.1) is 0 Å². The van der Waals surface area contributed by atoms with E-state index < -0.39 is 0 Å². The van der Waals surface area contributed by atoms with Gasteiger partial charge in [-0.15, -0.1) is 0 Å². The van der Waals surface area contributed by atoms with Gasteiger partial charge in [0.1, 0.15) is 0 Å². The second-order valence-corrected chi connectivity index (χ2v) is 5.79. The molecule has 1 aliphatic heterocycles. The molecule has 0 aliphatic carbocycles. The molecule has 0 spiro atoms. The van der Waals surface area contributed by atoms with Crippen molar-refractivity contribution in [3.05, 3.63) is 48.0 Å². The van der Waals surface area contributed by atoms with Crippen LogP contribution >= 0.6 is 0 Å². The molecule has 1 heterocycles. The summed E-state index contributed by atoms with van der Waals surface area (Å²) in [5, 5.41) is 6.40. The van der Waals surface area contributed by atoms with Crippen molar-refractivity contribution in [1.29, 1.82) is 0 Å². The molecule has 1 atom stereocenters. The normalized spacial score (nSPS) is 20.9. The first-order valence-electron chi connectivity index (χ1n) is 7.79. The smallest absolute Gasteiger partial charge is 0.0240 e. The van der Waals surface area contributed by atoms with Gasteiger partial charge in [0.25, 0.3) is 0 Å². The average molecular weight is 268 g/mol. The number of nitrogens with one attached hydrogen (secondary N) is 1. The first kappa shape index (κ1) is 13.6. The fourth-order valence-corrected chi connectivity index (χ4v) is 3.16. The summed E-state index contributed by atoms with van der Waals surface area (Å²) >= 11 is 0. The monoisotopic (exact) mass is 268 g/mol. The van der Waals surface area contributed by atoms with Crippen LogP contribution in [0.2, 0.25) is 0 Å². The van der Waals surface area contributed by atoms with E-state index in [-0.39, 0.29) is 0 Å². The number of rotatable bonds is 3. The second-order valence-electron chi connectivity index (χ2n) is 5.79. The Morgan fingerprint density at radius 3 is 2.90 bits per heavy atom. The minimum absolute atomic E-state index is 0.646. The highest BCUT2D eigenvalue weighted by Gasteiger charge is 2.16. The van der Waals surface area contributed by atoms with Crippen molar-refractivity contribution in [2.45, 2.75) is 32.4 Å². The lowest BCUT2D eigenvalue weighted by molar-refractivity contribution is 0.258. The Hall–Kier alpha value is -1.38. The Morgan fingerprint density at radius 1 is 1.15 bits per heavy atom. The molecule has 0 saturated carbocycles. The molecule has 0 amide bonds. The minimum atomic E-state index is 0.646.